The number of hydrogen-bond acceptors (Lipinski definition) is 2. The van der Waals surface area contributed by atoms with Crippen LogP contribution in [0.3, 0.4) is 0 Å². The molecule has 1 aromatic rings. The van der Waals surface area contributed by atoms with Gasteiger partial charge in [-0.3, -0.25) is 0 Å². The number of nitrogens with one attached hydrogen (secondary N) is 1. The molecule has 1 rings (SSSR count). The second-order valence-corrected chi connectivity index (χ2v) is 5.41. The van der Waals surface area contributed by atoms with E-state index in [1.807, 2.05) is 6.92 Å². The van der Waals surface area contributed by atoms with Crippen molar-refractivity contribution in [2.24, 2.45) is 16.6 Å². The SMILES string of the molecule is CCC(CN=C(N)NCCC(C)C)Oc1ccccc1F.I. The third-order valence-corrected chi connectivity index (χ3v) is 3.08. The number of benzene rings is 1. The van der Waals surface area contributed by atoms with Crippen LogP contribution in [0.25, 0.3) is 0 Å². The summed E-state index contributed by atoms with van der Waals surface area (Å²) in [6.45, 7) is 7.50. The van der Waals surface area contributed by atoms with Gasteiger partial charge in [0, 0.05) is 6.54 Å². The molecule has 0 bridgehead atoms. The van der Waals surface area contributed by atoms with Gasteiger partial charge in [0.2, 0.25) is 0 Å². The minimum absolute atomic E-state index is 0. The molecule has 0 amide bonds. The molecule has 22 heavy (non-hydrogen) atoms. The first kappa shape index (κ1) is 20.9. The molecule has 3 N–H and O–H groups in total. The molecule has 0 heterocycles. The van der Waals surface area contributed by atoms with E-state index in [2.05, 4.69) is 24.2 Å². The fourth-order valence-corrected chi connectivity index (χ4v) is 1.71. The van der Waals surface area contributed by atoms with Crippen LogP contribution in [0.15, 0.2) is 29.3 Å². The van der Waals surface area contributed by atoms with Crippen molar-refractivity contribution >= 4 is 29.9 Å². The number of rotatable bonds is 8. The molecule has 0 spiro atoms. The van der Waals surface area contributed by atoms with Gasteiger partial charge in [0.05, 0.1) is 6.54 Å². The Hall–Kier alpha value is -1.05. The van der Waals surface area contributed by atoms with Crippen molar-refractivity contribution in [2.45, 2.75) is 39.7 Å². The van der Waals surface area contributed by atoms with Crippen LogP contribution in [0.4, 0.5) is 4.39 Å². The van der Waals surface area contributed by atoms with E-state index in [0.717, 1.165) is 19.4 Å². The van der Waals surface area contributed by atoms with E-state index in [9.17, 15) is 4.39 Å². The van der Waals surface area contributed by atoms with Crippen LogP contribution in [0.2, 0.25) is 0 Å². The molecular weight excluding hydrogens is 396 g/mol. The first-order valence-corrected chi connectivity index (χ1v) is 7.47. The number of para-hydroxylation sites is 1. The molecule has 0 fully saturated rings. The van der Waals surface area contributed by atoms with Gasteiger partial charge in [-0.2, -0.15) is 0 Å². The summed E-state index contributed by atoms with van der Waals surface area (Å²) in [4.78, 5) is 4.25. The maximum absolute atomic E-state index is 13.5. The number of nitrogens with two attached hydrogens (primary N) is 1. The van der Waals surface area contributed by atoms with Crippen LogP contribution >= 0.6 is 24.0 Å². The topological polar surface area (TPSA) is 59.6 Å². The molecule has 0 aliphatic heterocycles. The first-order chi connectivity index (χ1) is 10.0. The summed E-state index contributed by atoms with van der Waals surface area (Å²) < 4.78 is 19.2. The molecule has 0 aliphatic rings. The van der Waals surface area contributed by atoms with Crippen molar-refractivity contribution in [1.82, 2.24) is 5.32 Å². The van der Waals surface area contributed by atoms with Crippen molar-refractivity contribution in [2.75, 3.05) is 13.1 Å². The van der Waals surface area contributed by atoms with Gasteiger partial charge >= 0.3 is 0 Å². The lowest BCUT2D eigenvalue weighted by Gasteiger charge is -2.16. The lowest BCUT2D eigenvalue weighted by atomic mass is 10.1. The Morgan fingerprint density at radius 3 is 2.64 bits per heavy atom. The van der Waals surface area contributed by atoms with Crippen molar-refractivity contribution in [3.63, 3.8) is 0 Å². The minimum Gasteiger partial charge on any atom is -0.485 e. The maximum atomic E-state index is 13.5. The third-order valence-electron chi connectivity index (χ3n) is 3.08. The summed E-state index contributed by atoms with van der Waals surface area (Å²) in [7, 11) is 0. The van der Waals surface area contributed by atoms with E-state index in [-0.39, 0.29) is 41.6 Å². The predicted octanol–water partition coefficient (Wildman–Crippen LogP) is 3.55. The van der Waals surface area contributed by atoms with Crippen LogP contribution in [0, 0.1) is 11.7 Å². The molecular formula is C16H27FIN3O. The molecule has 0 aliphatic carbocycles. The quantitative estimate of drug-likeness (QED) is 0.382. The molecule has 0 radical (unpaired) electrons. The predicted molar refractivity (Wildman–Crippen MR) is 100 cm³/mol. The summed E-state index contributed by atoms with van der Waals surface area (Å²) in [6.07, 6.45) is 1.59. The van der Waals surface area contributed by atoms with Crippen molar-refractivity contribution in [1.29, 1.82) is 0 Å². The number of aliphatic imine (C=N–C) groups is 1. The summed E-state index contributed by atoms with van der Waals surface area (Å²) in [6, 6.07) is 6.38. The van der Waals surface area contributed by atoms with E-state index >= 15 is 0 Å². The van der Waals surface area contributed by atoms with Gasteiger partial charge in [0.15, 0.2) is 17.5 Å². The van der Waals surface area contributed by atoms with Gasteiger partial charge < -0.3 is 15.8 Å². The van der Waals surface area contributed by atoms with Crippen molar-refractivity contribution in [3.8, 4) is 5.75 Å². The Bertz CT molecular complexity index is 455. The Morgan fingerprint density at radius 1 is 1.36 bits per heavy atom. The maximum Gasteiger partial charge on any atom is 0.188 e. The Kier molecular flexibility index (Phi) is 11.0. The van der Waals surface area contributed by atoms with Gasteiger partial charge in [0.25, 0.3) is 0 Å². The summed E-state index contributed by atoms with van der Waals surface area (Å²) in [5.41, 5.74) is 5.80. The fourth-order valence-electron chi connectivity index (χ4n) is 1.71. The van der Waals surface area contributed by atoms with Gasteiger partial charge in [-0.15, -0.1) is 24.0 Å². The van der Waals surface area contributed by atoms with E-state index < -0.39 is 0 Å². The van der Waals surface area contributed by atoms with Crippen molar-refractivity contribution in [3.05, 3.63) is 30.1 Å². The van der Waals surface area contributed by atoms with E-state index in [0.29, 0.717) is 18.4 Å². The molecule has 1 atom stereocenters. The van der Waals surface area contributed by atoms with Crippen molar-refractivity contribution < 1.29 is 9.13 Å². The van der Waals surface area contributed by atoms with Gasteiger partial charge in [-0.05, 0) is 30.9 Å². The van der Waals surface area contributed by atoms with Gasteiger partial charge in [-0.25, -0.2) is 9.38 Å². The monoisotopic (exact) mass is 423 g/mol. The minimum atomic E-state index is -0.358. The Balaban J connectivity index is 0.00000441. The zero-order valence-electron chi connectivity index (χ0n) is 13.5. The molecule has 1 unspecified atom stereocenters. The third kappa shape index (κ3) is 8.41. The van der Waals surface area contributed by atoms with E-state index in [1.165, 1.54) is 6.07 Å². The highest BCUT2D eigenvalue weighted by Gasteiger charge is 2.10. The number of halogens is 2. The number of hydrogen-bond donors (Lipinski definition) is 2. The fraction of sp³-hybridized carbons (Fsp3) is 0.562. The van der Waals surface area contributed by atoms with Crippen LogP contribution in [0.5, 0.6) is 5.75 Å². The van der Waals surface area contributed by atoms with Crippen LogP contribution < -0.4 is 15.8 Å². The second-order valence-electron chi connectivity index (χ2n) is 5.41. The normalized spacial score (nSPS) is 12.7. The lowest BCUT2D eigenvalue weighted by molar-refractivity contribution is 0.197. The summed E-state index contributed by atoms with van der Waals surface area (Å²) in [5, 5.41) is 3.07. The molecule has 0 aromatic heterocycles. The van der Waals surface area contributed by atoms with Crippen LogP contribution in [-0.2, 0) is 0 Å². The van der Waals surface area contributed by atoms with Crippen LogP contribution in [-0.4, -0.2) is 25.2 Å². The first-order valence-electron chi connectivity index (χ1n) is 7.47. The molecule has 1 aromatic carbocycles. The molecule has 0 saturated heterocycles. The van der Waals surface area contributed by atoms with E-state index in [4.69, 9.17) is 10.5 Å². The standard InChI is InChI=1S/C16H26FN3O.HI/c1-4-13(21-15-8-6-5-7-14(15)17)11-20-16(18)19-10-9-12(2)3;/h5-8,12-13H,4,9-11H2,1-3H3,(H3,18,19,20);1H. The highest BCUT2D eigenvalue weighted by Crippen LogP contribution is 2.18. The van der Waals surface area contributed by atoms with Gasteiger partial charge in [0.1, 0.15) is 6.10 Å². The van der Waals surface area contributed by atoms with Crippen LogP contribution in [0.1, 0.15) is 33.6 Å². The summed E-state index contributed by atoms with van der Waals surface area (Å²) >= 11 is 0. The number of nitrogens with zero attached hydrogens (tertiary/aromatic N) is 1. The lowest BCUT2D eigenvalue weighted by Crippen LogP contribution is -2.34. The van der Waals surface area contributed by atoms with Gasteiger partial charge in [-0.1, -0.05) is 32.9 Å². The molecule has 6 heteroatoms. The number of ether oxygens (including phenoxy) is 1. The highest BCUT2D eigenvalue weighted by atomic mass is 127. The molecule has 0 saturated carbocycles. The smallest absolute Gasteiger partial charge is 0.188 e. The average Bonchev–Trinajstić information content (AvgIpc) is 2.45. The summed E-state index contributed by atoms with van der Waals surface area (Å²) in [5.74, 6) is 0.929. The Labute approximate surface area is 149 Å². The number of guanidine groups is 1. The zero-order chi connectivity index (χ0) is 15.7. The Morgan fingerprint density at radius 2 is 2.05 bits per heavy atom. The highest BCUT2D eigenvalue weighted by molar-refractivity contribution is 14.0. The zero-order valence-corrected chi connectivity index (χ0v) is 15.8. The largest absolute Gasteiger partial charge is 0.485 e. The molecule has 4 nitrogen and oxygen atoms in total. The van der Waals surface area contributed by atoms with E-state index in [1.54, 1.807) is 18.2 Å². The second kappa shape index (κ2) is 11.5. The average molecular weight is 423 g/mol. The molecule has 126 valence electrons.